The lowest BCUT2D eigenvalue weighted by Crippen LogP contribution is -2.41. The van der Waals surface area contributed by atoms with E-state index in [4.69, 9.17) is 4.74 Å². The summed E-state index contributed by atoms with van der Waals surface area (Å²) in [6.45, 7) is 7.36. The molecule has 0 fully saturated rings. The number of carboxylic acid groups (broad SMARTS) is 1. The van der Waals surface area contributed by atoms with Crippen LogP contribution >= 0.6 is 15.9 Å². The van der Waals surface area contributed by atoms with E-state index in [1.807, 2.05) is 24.3 Å². The maximum absolute atomic E-state index is 12.5. The zero-order valence-corrected chi connectivity index (χ0v) is 17.8. The summed E-state index contributed by atoms with van der Waals surface area (Å²) < 4.78 is 5.93. The fourth-order valence-electron chi connectivity index (χ4n) is 2.74. The maximum atomic E-state index is 12.5. The van der Waals surface area contributed by atoms with Gasteiger partial charge < -0.3 is 15.2 Å². The fourth-order valence-corrected chi connectivity index (χ4v) is 3.00. The molecule has 7 heteroatoms. The predicted molar refractivity (Wildman–Crippen MR) is 106 cm³/mol. The summed E-state index contributed by atoms with van der Waals surface area (Å²) >= 11 is 3.37. The van der Waals surface area contributed by atoms with E-state index in [-0.39, 0.29) is 25.4 Å². The van der Waals surface area contributed by atoms with Crippen molar-refractivity contribution >= 4 is 33.8 Å². The Morgan fingerprint density at radius 3 is 2.22 bits per heavy atom. The summed E-state index contributed by atoms with van der Waals surface area (Å²) in [5.41, 5.74) is 0.407. The third-order valence-electron chi connectivity index (χ3n) is 4.21. The second kappa shape index (κ2) is 10.4. The van der Waals surface area contributed by atoms with Crippen LogP contribution in [0, 0.1) is 11.3 Å². The number of carbonyl (C=O) groups excluding carboxylic acids is 2. The molecule has 0 bridgehead atoms. The zero-order chi connectivity index (χ0) is 20.6. The molecular weight excluding hydrogens is 414 g/mol. The molecule has 1 aromatic carbocycles. The molecule has 0 aromatic heterocycles. The second-order valence-corrected chi connectivity index (χ2v) is 8.48. The SMILES string of the molecule is CCOC(=O)CC(Cc1ccc(Br)cc1)NC(=O)C[C@@H](C(=O)O)C(C)(C)C. The van der Waals surface area contributed by atoms with Gasteiger partial charge in [0.05, 0.1) is 18.9 Å². The van der Waals surface area contributed by atoms with Gasteiger partial charge in [0.15, 0.2) is 0 Å². The molecule has 2 atom stereocenters. The minimum absolute atomic E-state index is 0.0307. The first-order valence-corrected chi connectivity index (χ1v) is 9.74. The Morgan fingerprint density at radius 1 is 1.15 bits per heavy atom. The van der Waals surface area contributed by atoms with Crippen molar-refractivity contribution in [1.29, 1.82) is 0 Å². The summed E-state index contributed by atoms with van der Waals surface area (Å²) in [7, 11) is 0. The average molecular weight is 442 g/mol. The van der Waals surface area contributed by atoms with E-state index in [2.05, 4.69) is 21.2 Å². The maximum Gasteiger partial charge on any atom is 0.307 e. The summed E-state index contributed by atoms with van der Waals surface area (Å²) in [6, 6.07) is 7.12. The quantitative estimate of drug-likeness (QED) is 0.571. The first kappa shape index (κ1) is 23.1. The molecule has 1 aromatic rings. The van der Waals surface area contributed by atoms with Crippen molar-refractivity contribution in [2.45, 2.75) is 53.0 Å². The van der Waals surface area contributed by atoms with Gasteiger partial charge in [0.2, 0.25) is 5.91 Å². The molecule has 1 rings (SSSR count). The van der Waals surface area contributed by atoms with Gasteiger partial charge in [-0.2, -0.15) is 0 Å². The van der Waals surface area contributed by atoms with E-state index in [9.17, 15) is 19.5 Å². The average Bonchev–Trinajstić information content (AvgIpc) is 2.53. The third kappa shape index (κ3) is 8.56. The van der Waals surface area contributed by atoms with Crippen LogP contribution < -0.4 is 5.32 Å². The van der Waals surface area contributed by atoms with E-state index in [1.165, 1.54) is 0 Å². The molecule has 0 heterocycles. The van der Waals surface area contributed by atoms with Crippen LogP contribution in [-0.2, 0) is 25.5 Å². The number of carboxylic acids is 1. The highest BCUT2D eigenvalue weighted by Gasteiger charge is 2.33. The second-order valence-electron chi connectivity index (χ2n) is 7.57. The molecular formula is C20H28BrNO5. The van der Waals surface area contributed by atoms with Crippen molar-refractivity contribution in [3.8, 4) is 0 Å². The van der Waals surface area contributed by atoms with Crippen LogP contribution in [0.4, 0.5) is 0 Å². The number of amides is 1. The Bertz CT molecular complexity index is 651. The standard InChI is InChI=1S/C20H28BrNO5/c1-5-27-18(24)11-15(10-13-6-8-14(21)9-7-13)22-17(23)12-16(19(25)26)20(2,3)4/h6-9,15-16H,5,10-12H2,1-4H3,(H,22,23)(H,25,26)/t15?,16-/m0/s1. The van der Waals surface area contributed by atoms with E-state index < -0.39 is 29.3 Å². The lowest BCUT2D eigenvalue weighted by molar-refractivity contribution is -0.148. The number of halogens is 1. The van der Waals surface area contributed by atoms with Crippen molar-refractivity contribution < 1.29 is 24.2 Å². The molecule has 0 saturated heterocycles. The van der Waals surface area contributed by atoms with Gasteiger partial charge in [0.1, 0.15) is 0 Å². The molecule has 0 radical (unpaired) electrons. The Kier molecular flexibility index (Phi) is 8.96. The number of nitrogens with one attached hydrogen (secondary N) is 1. The monoisotopic (exact) mass is 441 g/mol. The highest BCUT2D eigenvalue weighted by molar-refractivity contribution is 9.10. The molecule has 6 nitrogen and oxygen atoms in total. The Morgan fingerprint density at radius 2 is 1.74 bits per heavy atom. The smallest absolute Gasteiger partial charge is 0.307 e. The van der Waals surface area contributed by atoms with Crippen LogP contribution in [0.15, 0.2) is 28.7 Å². The molecule has 150 valence electrons. The number of benzene rings is 1. The van der Waals surface area contributed by atoms with Gasteiger partial charge in [0.25, 0.3) is 0 Å². The van der Waals surface area contributed by atoms with Crippen LogP contribution in [0.1, 0.15) is 46.1 Å². The van der Waals surface area contributed by atoms with E-state index >= 15 is 0 Å². The number of hydrogen-bond acceptors (Lipinski definition) is 4. The molecule has 1 unspecified atom stereocenters. The van der Waals surface area contributed by atoms with Gasteiger partial charge in [-0.1, -0.05) is 48.8 Å². The number of aliphatic carboxylic acids is 1. The van der Waals surface area contributed by atoms with Crippen LogP contribution in [0.3, 0.4) is 0 Å². The number of esters is 1. The molecule has 2 N–H and O–H groups in total. The van der Waals surface area contributed by atoms with Crippen LogP contribution in [0.2, 0.25) is 0 Å². The van der Waals surface area contributed by atoms with Gasteiger partial charge in [-0.3, -0.25) is 14.4 Å². The lowest BCUT2D eigenvalue weighted by Gasteiger charge is -2.27. The Hall–Kier alpha value is -1.89. The van der Waals surface area contributed by atoms with E-state index in [0.717, 1.165) is 10.0 Å². The lowest BCUT2D eigenvalue weighted by atomic mass is 9.78. The minimum Gasteiger partial charge on any atom is -0.481 e. The summed E-state index contributed by atoms with van der Waals surface area (Å²) in [5, 5.41) is 12.2. The fraction of sp³-hybridized carbons (Fsp3) is 0.550. The van der Waals surface area contributed by atoms with Gasteiger partial charge >= 0.3 is 11.9 Å². The highest BCUT2D eigenvalue weighted by atomic mass is 79.9. The molecule has 0 aliphatic carbocycles. The zero-order valence-electron chi connectivity index (χ0n) is 16.3. The van der Waals surface area contributed by atoms with Gasteiger partial charge in [-0.25, -0.2) is 0 Å². The highest BCUT2D eigenvalue weighted by Crippen LogP contribution is 2.29. The number of carbonyl (C=O) groups is 3. The van der Waals surface area contributed by atoms with E-state index in [1.54, 1.807) is 27.7 Å². The largest absolute Gasteiger partial charge is 0.481 e. The molecule has 27 heavy (non-hydrogen) atoms. The predicted octanol–water partition coefficient (Wildman–Crippen LogP) is 3.57. The summed E-state index contributed by atoms with van der Waals surface area (Å²) in [5.74, 6) is -2.60. The van der Waals surface area contributed by atoms with Gasteiger partial charge in [-0.15, -0.1) is 0 Å². The van der Waals surface area contributed by atoms with Crippen molar-refractivity contribution in [2.24, 2.45) is 11.3 Å². The van der Waals surface area contributed by atoms with Crippen molar-refractivity contribution in [3.05, 3.63) is 34.3 Å². The normalized spacial score (nSPS) is 13.5. The minimum atomic E-state index is -1.01. The molecule has 0 aliphatic rings. The molecule has 1 amide bonds. The molecule has 0 saturated carbocycles. The van der Waals surface area contributed by atoms with Crippen LogP contribution in [-0.4, -0.2) is 35.6 Å². The Labute approximate surface area is 168 Å². The first-order valence-electron chi connectivity index (χ1n) is 8.95. The number of hydrogen-bond donors (Lipinski definition) is 2. The molecule has 0 spiro atoms. The summed E-state index contributed by atoms with van der Waals surface area (Å²) in [6.07, 6.45) is 0.340. The van der Waals surface area contributed by atoms with Crippen molar-refractivity contribution in [1.82, 2.24) is 5.32 Å². The van der Waals surface area contributed by atoms with Crippen molar-refractivity contribution in [2.75, 3.05) is 6.61 Å². The first-order chi connectivity index (χ1) is 12.5. The third-order valence-corrected chi connectivity index (χ3v) is 4.74. The Balaban J connectivity index is 2.85. The van der Waals surface area contributed by atoms with E-state index in [0.29, 0.717) is 6.42 Å². The molecule has 0 aliphatic heterocycles. The number of rotatable bonds is 9. The van der Waals surface area contributed by atoms with Crippen molar-refractivity contribution in [3.63, 3.8) is 0 Å². The summed E-state index contributed by atoms with van der Waals surface area (Å²) in [4.78, 5) is 35.9. The van der Waals surface area contributed by atoms with Gasteiger partial charge in [0, 0.05) is 16.9 Å². The van der Waals surface area contributed by atoms with Crippen LogP contribution in [0.5, 0.6) is 0 Å². The topological polar surface area (TPSA) is 92.7 Å². The van der Waals surface area contributed by atoms with Gasteiger partial charge in [-0.05, 0) is 36.5 Å². The van der Waals surface area contributed by atoms with Crippen LogP contribution in [0.25, 0.3) is 0 Å². The number of ether oxygens (including phenoxy) is 1.